The highest BCUT2D eigenvalue weighted by Gasteiger charge is 2.20. The van der Waals surface area contributed by atoms with Gasteiger partial charge in [0.15, 0.2) is 0 Å². The number of thiazole rings is 1. The first-order valence-electron chi connectivity index (χ1n) is 6.23. The number of hydrogen-bond acceptors (Lipinski definition) is 6. The fraction of sp³-hybridized carbons (Fsp3) is 0.308. The molecule has 0 aliphatic carbocycles. The van der Waals surface area contributed by atoms with Crippen molar-refractivity contribution in [3.8, 4) is 5.75 Å². The van der Waals surface area contributed by atoms with Gasteiger partial charge in [0.25, 0.3) is 0 Å². The second-order valence-corrected chi connectivity index (χ2v) is 7.05. The maximum atomic E-state index is 12.4. The van der Waals surface area contributed by atoms with E-state index in [0.29, 0.717) is 5.75 Å². The lowest BCUT2D eigenvalue weighted by molar-refractivity contribution is 0.402. The maximum Gasteiger partial charge on any atom is 0.244 e. The molecule has 0 atom stereocenters. The SMILES string of the molecule is COc1ccc(CN)cc1S(=O)(=O)NCc1scnc1C. The van der Waals surface area contributed by atoms with Crippen molar-refractivity contribution < 1.29 is 13.2 Å². The van der Waals surface area contributed by atoms with Gasteiger partial charge in [-0.1, -0.05) is 6.07 Å². The first kappa shape index (κ1) is 15.9. The second kappa shape index (κ2) is 6.52. The van der Waals surface area contributed by atoms with Crippen molar-refractivity contribution in [3.63, 3.8) is 0 Å². The standard InChI is InChI=1S/C13H17N3O3S2/c1-9-12(20-8-15-9)7-16-21(17,18)13-5-10(6-14)3-4-11(13)19-2/h3-5,8,16H,6-7,14H2,1-2H3. The van der Waals surface area contributed by atoms with Gasteiger partial charge in [0, 0.05) is 18.0 Å². The average Bonchev–Trinajstić information content (AvgIpc) is 2.90. The number of benzene rings is 1. The van der Waals surface area contributed by atoms with Crippen LogP contribution in [0.4, 0.5) is 0 Å². The minimum absolute atomic E-state index is 0.0927. The van der Waals surface area contributed by atoms with E-state index in [1.54, 1.807) is 17.6 Å². The van der Waals surface area contributed by atoms with Gasteiger partial charge in [-0.15, -0.1) is 11.3 Å². The summed E-state index contributed by atoms with van der Waals surface area (Å²) >= 11 is 1.41. The summed E-state index contributed by atoms with van der Waals surface area (Å²) in [6.45, 7) is 2.31. The zero-order valence-electron chi connectivity index (χ0n) is 11.8. The summed E-state index contributed by atoms with van der Waals surface area (Å²) in [5.74, 6) is 0.292. The number of methoxy groups -OCH3 is 1. The second-order valence-electron chi connectivity index (χ2n) is 4.37. The molecule has 8 heteroatoms. The lowest BCUT2D eigenvalue weighted by atomic mass is 10.2. The van der Waals surface area contributed by atoms with Crippen molar-refractivity contribution in [1.29, 1.82) is 0 Å². The minimum atomic E-state index is -3.68. The number of sulfonamides is 1. The Labute approximate surface area is 128 Å². The molecule has 0 unspecified atom stereocenters. The number of aryl methyl sites for hydroxylation is 1. The molecule has 0 bridgehead atoms. The highest BCUT2D eigenvalue weighted by Crippen LogP contribution is 2.25. The molecule has 0 spiro atoms. The molecule has 0 amide bonds. The summed E-state index contributed by atoms with van der Waals surface area (Å²) in [6, 6.07) is 4.88. The molecule has 1 aromatic heterocycles. The lowest BCUT2D eigenvalue weighted by Gasteiger charge is -2.11. The van der Waals surface area contributed by atoms with Gasteiger partial charge in [0.05, 0.1) is 18.3 Å². The van der Waals surface area contributed by atoms with Gasteiger partial charge in [-0.3, -0.25) is 0 Å². The largest absolute Gasteiger partial charge is 0.495 e. The molecule has 0 fully saturated rings. The van der Waals surface area contributed by atoms with Gasteiger partial charge in [-0.25, -0.2) is 18.1 Å². The maximum absolute atomic E-state index is 12.4. The van der Waals surface area contributed by atoms with E-state index in [9.17, 15) is 8.42 Å². The fourth-order valence-corrected chi connectivity index (χ4v) is 3.81. The van der Waals surface area contributed by atoms with Gasteiger partial charge in [-0.2, -0.15) is 0 Å². The first-order chi connectivity index (χ1) is 9.97. The molecular formula is C13H17N3O3S2. The molecule has 0 saturated heterocycles. The van der Waals surface area contributed by atoms with Crippen molar-refractivity contribution in [2.24, 2.45) is 5.73 Å². The monoisotopic (exact) mass is 327 g/mol. The van der Waals surface area contributed by atoms with Crippen LogP contribution < -0.4 is 15.2 Å². The molecule has 114 valence electrons. The molecule has 2 rings (SSSR count). The van der Waals surface area contributed by atoms with Crippen molar-refractivity contribution >= 4 is 21.4 Å². The predicted octanol–water partition coefficient (Wildman–Crippen LogP) is 1.40. The van der Waals surface area contributed by atoms with E-state index in [1.165, 1.54) is 24.5 Å². The van der Waals surface area contributed by atoms with Gasteiger partial charge in [0.1, 0.15) is 10.6 Å². The van der Waals surface area contributed by atoms with E-state index < -0.39 is 10.0 Å². The number of rotatable bonds is 6. The van der Waals surface area contributed by atoms with Crippen LogP contribution in [0.25, 0.3) is 0 Å². The Bertz CT molecular complexity index is 726. The zero-order valence-corrected chi connectivity index (χ0v) is 13.4. The number of aromatic nitrogens is 1. The highest BCUT2D eigenvalue weighted by atomic mass is 32.2. The fourth-order valence-electron chi connectivity index (χ4n) is 1.79. The van der Waals surface area contributed by atoms with Crippen LogP contribution in [0, 0.1) is 6.92 Å². The number of nitrogens with one attached hydrogen (secondary N) is 1. The highest BCUT2D eigenvalue weighted by molar-refractivity contribution is 7.89. The zero-order chi connectivity index (χ0) is 15.5. The minimum Gasteiger partial charge on any atom is -0.495 e. The van der Waals surface area contributed by atoms with Gasteiger partial charge < -0.3 is 10.5 Å². The van der Waals surface area contributed by atoms with Crippen LogP contribution in [0.2, 0.25) is 0 Å². The third-order valence-corrected chi connectivity index (χ3v) is 5.38. The Morgan fingerprint density at radius 2 is 2.19 bits per heavy atom. The third kappa shape index (κ3) is 3.59. The number of ether oxygens (including phenoxy) is 1. The summed E-state index contributed by atoms with van der Waals surface area (Å²) < 4.78 is 32.6. The number of nitrogens with two attached hydrogens (primary N) is 1. The predicted molar refractivity (Wildman–Crippen MR) is 81.8 cm³/mol. The Hall–Kier alpha value is -1.48. The van der Waals surface area contributed by atoms with Gasteiger partial charge >= 0.3 is 0 Å². The van der Waals surface area contributed by atoms with Crippen molar-refractivity contribution in [3.05, 3.63) is 39.8 Å². The van der Waals surface area contributed by atoms with E-state index >= 15 is 0 Å². The summed E-state index contributed by atoms with van der Waals surface area (Å²) in [6.07, 6.45) is 0. The Balaban J connectivity index is 2.28. The van der Waals surface area contributed by atoms with E-state index in [0.717, 1.165) is 16.1 Å². The Morgan fingerprint density at radius 1 is 1.43 bits per heavy atom. The lowest BCUT2D eigenvalue weighted by Crippen LogP contribution is -2.24. The van der Waals surface area contributed by atoms with E-state index in [2.05, 4.69) is 9.71 Å². The summed E-state index contributed by atoms with van der Waals surface area (Å²) in [4.78, 5) is 5.07. The van der Waals surface area contributed by atoms with Crippen LogP contribution in [0.3, 0.4) is 0 Å². The molecule has 0 aliphatic heterocycles. The molecule has 0 saturated carbocycles. The molecule has 3 N–H and O–H groups in total. The molecule has 1 heterocycles. The number of hydrogen-bond donors (Lipinski definition) is 2. The normalized spacial score (nSPS) is 11.6. The van der Waals surface area contributed by atoms with Crippen LogP contribution in [-0.2, 0) is 23.1 Å². The summed E-state index contributed by atoms with van der Waals surface area (Å²) in [7, 11) is -2.25. The average molecular weight is 327 g/mol. The van der Waals surface area contributed by atoms with Gasteiger partial charge in [-0.05, 0) is 24.6 Å². The molecule has 0 radical (unpaired) electrons. The van der Waals surface area contributed by atoms with Crippen LogP contribution >= 0.6 is 11.3 Å². The molecule has 21 heavy (non-hydrogen) atoms. The molecule has 2 aromatic rings. The van der Waals surface area contributed by atoms with Crippen LogP contribution in [0.15, 0.2) is 28.6 Å². The molecular weight excluding hydrogens is 310 g/mol. The summed E-state index contributed by atoms with van der Waals surface area (Å²) in [5.41, 5.74) is 8.80. The van der Waals surface area contributed by atoms with Crippen LogP contribution in [0.1, 0.15) is 16.1 Å². The van der Waals surface area contributed by atoms with Crippen molar-refractivity contribution in [2.45, 2.75) is 24.9 Å². The van der Waals surface area contributed by atoms with E-state index in [4.69, 9.17) is 10.5 Å². The smallest absolute Gasteiger partial charge is 0.244 e. The van der Waals surface area contributed by atoms with Crippen molar-refractivity contribution in [2.75, 3.05) is 7.11 Å². The van der Waals surface area contributed by atoms with Crippen LogP contribution in [0.5, 0.6) is 5.75 Å². The van der Waals surface area contributed by atoms with E-state index in [-0.39, 0.29) is 18.0 Å². The quantitative estimate of drug-likeness (QED) is 0.836. The third-order valence-electron chi connectivity index (χ3n) is 3.02. The Kier molecular flexibility index (Phi) is 4.94. The van der Waals surface area contributed by atoms with E-state index in [1.807, 2.05) is 6.92 Å². The molecule has 6 nitrogen and oxygen atoms in total. The molecule has 1 aromatic carbocycles. The summed E-state index contributed by atoms with van der Waals surface area (Å²) in [5, 5.41) is 0. The topological polar surface area (TPSA) is 94.3 Å². The van der Waals surface area contributed by atoms with Crippen LogP contribution in [-0.4, -0.2) is 20.5 Å². The first-order valence-corrected chi connectivity index (χ1v) is 8.60. The Morgan fingerprint density at radius 3 is 2.76 bits per heavy atom. The number of nitrogens with zero attached hydrogens (tertiary/aromatic N) is 1. The molecule has 0 aliphatic rings. The van der Waals surface area contributed by atoms with Crippen molar-refractivity contribution in [1.82, 2.24) is 9.71 Å². The van der Waals surface area contributed by atoms with Gasteiger partial charge in [0.2, 0.25) is 10.0 Å².